The molecule has 0 bridgehead atoms. The van der Waals surface area contributed by atoms with Crippen molar-refractivity contribution in [3.05, 3.63) is 132 Å². The SMILES string of the molecule is CC(C)OC(=O)NC(C(=O)N1CCC[C@H]1C(=O)Nc1ccc2[nH]c(-c3ccc(-c4cc([C@@H]5CCCN5C(=O)C(NC(=O)O)c5ccccc5)[nH]n4)cc3)cc2c1)c1ccccc1. The van der Waals surface area contributed by atoms with Crippen LogP contribution in [-0.2, 0) is 19.1 Å². The number of nitrogens with zero attached hydrogens (tertiary/aromatic N) is 3. The number of amides is 5. The summed E-state index contributed by atoms with van der Waals surface area (Å²) >= 11 is 0. The molecule has 15 heteroatoms. The molecule has 4 heterocycles. The molecule has 4 atom stereocenters. The van der Waals surface area contributed by atoms with Crippen LogP contribution >= 0.6 is 0 Å². The Balaban J connectivity index is 0.928. The third kappa shape index (κ3) is 9.01. The Labute approximate surface area is 357 Å². The molecule has 2 unspecified atom stereocenters. The van der Waals surface area contributed by atoms with Gasteiger partial charge in [0.25, 0.3) is 5.91 Å². The van der Waals surface area contributed by atoms with Gasteiger partial charge in [-0.1, -0.05) is 84.9 Å². The topological polar surface area (TPSA) is 202 Å². The van der Waals surface area contributed by atoms with Gasteiger partial charge >= 0.3 is 12.2 Å². The Morgan fingerprint density at radius 2 is 1.37 bits per heavy atom. The Kier molecular flexibility index (Phi) is 12.0. The van der Waals surface area contributed by atoms with E-state index in [1.165, 1.54) is 4.90 Å². The number of fused-ring (bicyclic) bond motifs is 1. The third-order valence-corrected chi connectivity index (χ3v) is 11.3. The van der Waals surface area contributed by atoms with E-state index < -0.39 is 30.3 Å². The van der Waals surface area contributed by atoms with E-state index in [1.807, 2.05) is 66.7 Å². The third-order valence-electron chi connectivity index (χ3n) is 11.3. The summed E-state index contributed by atoms with van der Waals surface area (Å²) in [7, 11) is 0. The number of carbonyl (C=O) groups excluding carboxylic acids is 4. The fraction of sp³-hybridized carbons (Fsp3) is 0.277. The first-order valence-corrected chi connectivity index (χ1v) is 20.8. The average molecular weight is 837 g/mol. The largest absolute Gasteiger partial charge is 0.465 e. The van der Waals surface area contributed by atoms with E-state index in [4.69, 9.17) is 4.74 Å². The van der Waals surface area contributed by atoms with Crippen molar-refractivity contribution < 1.29 is 33.8 Å². The first-order valence-electron chi connectivity index (χ1n) is 20.8. The summed E-state index contributed by atoms with van der Waals surface area (Å²) in [4.78, 5) is 72.4. The number of nitrogens with one attached hydrogen (secondary N) is 5. The van der Waals surface area contributed by atoms with E-state index in [-0.39, 0.29) is 29.9 Å². The number of carbonyl (C=O) groups is 5. The van der Waals surface area contributed by atoms with Gasteiger partial charge in [0, 0.05) is 40.9 Å². The van der Waals surface area contributed by atoms with Crippen molar-refractivity contribution in [1.29, 1.82) is 0 Å². The van der Waals surface area contributed by atoms with E-state index in [1.54, 1.807) is 67.3 Å². The highest BCUT2D eigenvalue weighted by molar-refractivity contribution is 6.00. The van der Waals surface area contributed by atoms with Crippen molar-refractivity contribution in [2.75, 3.05) is 18.4 Å². The number of carboxylic acid groups (broad SMARTS) is 1. The van der Waals surface area contributed by atoms with Crippen molar-refractivity contribution in [2.24, 2.45) is 0 Å². The van der Waals surface area contributed by atoms with Gasteiger partial charge in [0.2, 0.25) is 11.8 Å². The number of rotatable bonds is 12. The number of benzene rings is 4. The number of anilines is 1. The quantitative estimate of drug-likeness (QED) is 0.0720. The molecule has 318 valence electrons. The molecule has 2 aromatic heterocycles. The lowest BCUT2D eigenvalue weighted by molar-refractivity contribution is -0.138. The van der Waals surface area contributed by atoms with Gasteiger partial charge in [-0.2, -0.15) is 5.10 Å². The molecule has 0 spiro atoms. The van der Waals surface area contributed by atoms with Crippen LogP contribution < -0.4 is 16.0 Å². The minimum absolute atomic E-state index is 0.276. The molecule has 0 saturated carbocycles. The summed E-state index contributed by atoms with van der Waals surface area (Å²) in [6.45, 7) is 4.34. The van der Waals surface area contributed by atoms with Gasteiger partial charge in [0.05, 0.1) is 23.5 Å². The predicted molar refractivity (Wildman–Crippen MR) is 233 cm³/mol. The van der Waals surface area contributed by atoms with Crippen molar-refractivity contribution in [1.82, 2.24) is 35.6 Å². The van der Waals surface area contributed by atoms with Crippen molar-refractivity contribution >= 4 is 46.5 Å². The van der Waals surface area contributed by atoms with Crippen LogP contribution in [-0.4, -0.2) is 85.2 Å². The number of H-pyrrole nitrogens is 2. The second kappa shape index (κ2) is 18.1. The molecule has 8 rings (SSSR count). The predicted octanol–water partition coefficient (Wildman–Crippen LogP) is 7.70. The summed E-state index contributed by atoms with van der Waals surface area (Å²) in [6.07, 6.45) is 0.283. The lowest BCUT2D eigenvalue weighted by Crippen LogP contribution is -2.48. The molecule has 62 heavy (non-hydrogen) atoms. The van der Waals surface area contributed by atoms with E-state index in [0.717, 1.165) is 46.3 Å². The van der Waals surface area contributed by atoms with Gasteiger partial charge in [-0.3, -0.25) is 19.5 Å². The number of hydrogen-bond donors (Lipinski definition) is 6. The zero-order valence-corrected chi connectivity index (χ0v) is 34.3. The Bertz CT molecular complexity index is 2570. The van der Waals surface area contributed by atoms with Gasteiger partial charge in [-0.25, -0.2) is 9.59 Å². The van der Waals surface area contributed by atoms with Crippen LogP contribution in [0.1, 0.15) is 74.5 Å². The Morgan fingerprint density at radius 3 is 2.05 bits per heavy atom. The van der Waals surface area contributed by atoms with Gasteiger partial charge in [0.1, 0.15) is 18.1 Å². The molecule has 0 radical (unpaired) electrons. The van der Waals surface area contributed by atoms with Crippen molar-refractivity contribution in [3.8, 4) is 22.5 Å². The van der Waals surface area contributed by atoms with E-state index in [9.17, 15) is 29.1 Å². The molecule has 2 fully saturated rings. The molecule has 2 aliphatic heterocycles. The summed E-state index contributed by atoms with van der Waals surface area (Å²) in [5, 5.41) is 26.2. The van der Waals surface area contributed by atoms with Crippen LogP contribution in [0.15, 0.2) is 115 Å². The van der Waals surface area contributed by atoms with Crippen LogP contribution in [0.4, 0.5) is 15.3 Å². The van der Waals surface area contributed by atoms with E-state index >= 15 is 0 Å². The number of alkyl carbamates (subject to hydrolysis) is 1. The smallest absolute Gasteiger partial charge is 0.408 e. The number of aromatic amines is 2. The van der Waals surface area contributed by atoms with Crippen LogP contribution in [0.2, 0.25) is 0 Å². The molecule has 4 aromatic carbocycles. The minimum Gasteiger partial charge on any atom is -0.465 e. The maximum Gasteiger partial charge on any atom is 0.408 e. The number of ether oxygens (including phenoxy) is 1. The van der Waals surface area contributed by atoms with Gasteiger partial charge in [-0.05, 0) is 86.6 Å². The second-order valence-corrected chi connectivity index (χ2v) is 15.9. The van der Waals surface area contributed by atoms with Crippen molar-refractivity contribution in [3.63, 3.8) is 0 Å². The maximum absolute atomic E-state index is 14.0. The van der Waals surface area contributed by atoms with Crippen LogP contribution in [0, 0.1) is 0 Å². The van der Waals surface area contributed by atoms with Gasteiger partial charge < -0.3 is 40.6 Å². The number of aromatic nitrogens is 3. The van der Waals surface area contributed by atoms with Crippen LogP contribution in [0.5, 0.6) is 0 Å². The Morgan fingerprint density at radius 1 is 0.742 bits per heavy atom. The monoisotopic (exact) mass is 836 g/mol. The lowest BCUT2D eigenvalue weighted by atomic mass is 10.0. The highest BCUT2D eigenvalue weighted by atomic mass is 16.6. The molecule has 5 amide bonds. The first kappa shape index (κ1) is 41.3. The second-order valence-electron chi connectivity index (χ2n) is 15.9. The molecule has 2 saturated heterocycles. The lowest BCUT2D eigenvalue weighted by Gasteiger charge is -2.29. The van der Waals surface area contributed by atoms with E-state index in [2.05, 4.69) is 31.1 Å². The molecule has 15 nitrogen and oxygen atoms in total. The maximum atomic E-state index is 14.0. The molecule has 0 aliphatic carbocycles. The summed E-state index contributed by atoms with van der Waals surface area (Å²) in [6, 6.07) is 32.3. The molecule has 6 N–H and O–H groups in total. The standard InChI is InChI=1S/C47H48N8O7/c1-28(2)62-47(61)51-42(32-13-7-4-8-14-32)45(58)55-24-10-16-40(55)43(56)48-34-21-22-35-33(25-34)26-36(49-35)29-17-19-30(20-18-29)37-27-38(53-52-37)39-15-9-23-54(39)44(57)41(50-46(59)60)31-11-5-3-6-12-31/h3-8,11-14,17-22,25-28,39-42,49-50H,9-10,15-16,23-24H2,1-2H3,(H,48,56)(H,51,61)(H,52,53)(H,59,60)/t39-,40-,41?,42?/m0/s1. The summed E-state index contributed by atoms with van der Waals surface area (Å²) < 4.78 is 5.28. The van der Waals surface area contributed by atoms with Gasteiger partial charge in [0.15, 0.2) is 0 Å². The molecular formula is C47H48N8O7. The fourth-order valence-electron chi connectivity index (χ4n) is 8.41. The van der Waals surface area contributed by atoms with Gasteiger partial charge in [-0.15, -0.1) is 0 Å². The summed E-state index contributed by atoms with van der Waals surface area (Å²) in [5.74, 6) is -0.995. The van der Waals surface area contributed by atoms with E-state index in [0.29, 0.717) is 48.4 Å². The van der Waals surface area contributed by atoms with Crippen LogP contribution in [0.3, 0.4) is 0 Å². The fourth-order valence-corrected chi connectivity index (χ4v) is 8.41. The highest BCUT2D eigenvalue weighted by Crippen LogP contribution is 2.36. The highest BCUT2D eigenvalue weighted by Gasteiger charge is 2.39. The van der Waals surface area contributed by atoms with Crippen LogP contribution in [0.25, 0.3) is 33.4 Å². The molecule has 6 aromatic rings. The Hall–Kier alpha value is -7.42. The number of hydrogen-bond acceptors (Lipinski definition) is 7. The zero-order valence-electron chi connectivity index (χ0n) is 34.3. The average Bonchev–Trinajstić information content (AvgIpc) is 4.11. The molecule has 2 aliphatic rings. The zero-order chi connectivity index (χ0) is 43.3. The first-order chi connectivity index (χ1) is 30.0. The minimum atomic E-state index is -1.27. The number of likely N-dealkylation sites (tertiary alicyclic amines) is 2. The summed E-state index contributed by atoms with van der Waals surface area (Å²) in [5.41, 5.74) is 6.83. The molecular weight excluding hydrogens is 789 g/mol. The van der Waals surface area contributed by atoms with Crippen molar-refractivity contribution in [2.45, 2.75) is 69.8 Å². The normalized spacial score (nSPS) is 17.1.